The molecule has 3 fully saturated rings. The predicted molar refractivity (Wildman–Crippen MR) is 97.3 cm³/mol. The molecule has 0 radical (unpaired) electrons. The first-order chi connectivity index (χ1) is 13.3. The minimum atomic E-state index is -0.143. The predicted octanol–water partition coefficient (Wildman–Crippen LogP) is -0.900. The third-order valence-electron chi connectivity index (χ3n) is 6.18. The number of pyridine rings is 1. The number of amides is 1. The fourth-order valence-corrected chi connectivity index (χ4v) is 4.85. The number of ether oxygens (including phenoxy) is 1. The Bertz CT molecular complexity index is 742. The number of fused-ring (bicyclic) bond motifs is 2. The van der Waals surface area contributed by atoms with E-state index < -0.39 is 0 Å². The van der Waals surface area contributed by atoms with Crippen molar-refractivity contribution in [1.29, 1.82) is 0 Å². The number of nitrogens with one attached hydrogen (secondary N) is 5. The molecule has 4 aliphatic rings. The Labute approximate surface area is 157 Å². The van der Waals surface area contributed by atoms with E-state index in [1.165, 1.54) is 0 Å². The van der Waals surface area contributed by atoms with E-state index in [0.29, 0.717) is 12.6 Å². The van der Waals surface area contributed by atoms with Crippen LogP contribution in [0.4, 0.5) is 0 Å². The van der Waals surface area contributed by atoms with Gasteiger partial charge in [-0.15, -0.1) is 0 Å². The van der Waals surface area contributed by atoms with E-state index in [1.807, 2.05) is 18.2 Å². The van der Waals surface area contributed by atoms with Crippen molar-refractivity contribution in [2.24, 2.45) is 5.92 Å². The number of hydrogen-bond donors (Lipinski definition) is 5. The molecule has 0 aromatic carbocycles. The fraction of sp³-hybridized carbons (Fsp3) is 0.556. The Morgan fingerprint density at radius 1 is 1.22 bits per heavy atom. The van der Waals surface area contributed by atoms with Gasteiger partial charge in [0.05, 0.1) is 18.1 Å². The number of methoxy groups -OCH3 is 1. The molecule has 5 rings (SSSR count). The molecule has 1 aromatic rings. The summed E-state index contributed by atoms with van der Waals surface area (Å²) in [6.07, 6.45) is 5.32. The van der Waals surface area contributed by atoms with Crippen LogP contribution in [0.3, 0.4) is 0 Å². The van der Waals surface area contributed by atoms with Crippen molar-refractivity contribution in [3.8, 4) is 0 Å². The van der Waals surface area contributed by atoms with Crippen LogP contribution in [0.15, 0.2) is 36.2 Å². The van der Waals surface area contributed by atoms with Gasteiger partial charge in [0.25, 0.3) is 5.91 Å². The van der Waals surface area contributed by atoms with Crippen LogP contribution in [0.1, 0.15) is 24.5 Å². The largest absolute Gasteiger partial charge is 0.379 e. The fourth-order valence-electron chi connectivity index (χ4n) is 4.85. The third kappa shape index (κ3) is 2.82. The van der Waals surface area contributed by atoms with Crippen molar-refractivity contribution >= 4 is 5.91 Å². The van der Waals surface area contributed by atoms with Gasteiger partial charge in [-0.1, -0.05) is 6.07 Å². The molecule has 9 heteroatoms. The van der Waals surface area contributed by atoms with Gasteiger partial charge in [-0.05, 0) is 25.0 Å². The molecule has 1 aromatic heterocycles. The summed E-state index contributed by atoms with van der Waals surface area (Å²) < 4.78 is 5.85. The molecule has 0 bridgehead atoms. The number of carbonyl (C=O) groups excluding carboxylic acids is 1. The normalized spacial score (nSPS) is 38.2. The van der Waals surface area contributed by atoms with E-state index >= 15 is 0 Å². The molecule has 27 heavy (non-hydrogen) atoms. The van der Waals surface area contributed by atoms with E-state index in [0.717, 1.165) is 24.2 Å². The minimum Gasteiger partial charge on any atom is -0.379 e. The zero-order chi connectivity index (χ0) is 18.4. The first-order valence-electron chi connectivity index (χ1n) is 9.51. The molecule has 1 amide bonds. The number of hydrogen-bond acceptors (Lipinski definition) is 8. The molecular formula is C18H25N7O2. The highest BCUT2D eigenvalue weighted by Gasteiger charge is 2.47. The second-order valence-electron chi connectivity index (χ2n) is 7.55. The maximum Gasteiger partial charge on any atom is 0.264 e. The maximum atomic E-state index is 12.8. The number of carbonyl (C=O) groups is 1. The summed E-state index contributed by atoms with van der Waals surface area (Å²) in [5.41, 5.74) is 14.7. The second kappa shape index (κ2) is 6.84. The van der Waals surface area contributed by atoms with Gasteiger partial charge in [-0.2, -0.15) is 5.53 Å². The van der Waals surface area contributed by atoms with Crippen LogP contribution in [0, 0.1) is 5.92 Å². The monoisotopic (exact) mass is 371 g/mol. The van der Waals surface area contributed by atoms with Crippen LogP contribution in [-0.2, 0) is 9.53 Å². The Morgan fingerprint density at radius 2 is 2.15 bits per heavy atom. The van der Waals surface area contributed by atoms with Crippen molar-refractivity contribution < 1.29 is 9.53 Å². The lowest BCUT2D eigenvalue weighted by Gasteiger charge is -2.42. The topological polar surface area (TPSA) is 103 Å². The molecule has 1 saturated carbocycles. The van der Waals surface area contributed by atoms with Crippen molar-refractivity contribution in [1.82, 2.24) is 37.1 Å². The van der Waals surface area contributed by atoms with Gasteiger partial charge in [0.1, 0.15) is 6.17 Å². The van der Waals surface area contributed by atoms with E-state index in [-0.39, 0.29) is 36.1 Å². The van der Waals surface area contributed by atoms with E-state index in [9.17, 15) is 4.79 Å². The first-order valence-corrected chi connectivity index (χ1v) is 9.51. The smallest absolute Gasteiger partial charge is 0.264 e. The van der Waals surface area contributed by atoms with Gasteiger partial charge in [0.15, 0.2) is 0 Å². The molecule has 1 aliphatic carbocycles. The standard InChI is InChI=1S/C18H25N7O2/c1-27-17-10(5-6-13-16(17)23-24-22-13)14-8-15(26)25-18(21-14)11(9-20-25)12-4-2-3-7-19-12/h2-4,7-8,10-11,13,16-18,20-24H,5-6,9H2,1H3. The Kier molecular flexibility index (Phi) is 4.33. The maximum absolute atomic E-state index is 12.8. The van der Waals surface area contributed by atoms with Gasteiger partial charge in [-0.25, -0.2) is 16.3 Å². The summed E-state index contributed by atoms with van der Waals surface area (Å²) in [7, 11) is 1.74. The summed E-state index contributed by atoms with van der Waals surface area (Å²) >= 11 is 0. The summed E-state index contributed by atoms with van der Waals surface area (Å²) in [6.45, 7) is 0.681. The van der Waals surface area contributed by atoms with E-state index in [4.69, 9.17) is 4.74 Å². The number of hydrazine groups is 3. The van der Waals surface area contributed by atoms with Gasteiger partial charge in [0.2, 0.25) is 0 Å². The molecule has 4 heterocycles. The zero-order valence-corrected chi connectivity index (χ0v) is 15.2. The minimum absolute atomic E-state index is 0.0141. The lowest BCUT2D eigenvalue weighted by molar-refractivity contribution is -0.131. The molecule has 6 atom stereocenters. The number of nitrogens with zero attached hydrogens (tertiary/aromatic N) is 2. The Hall–Kier alpha value is -2.04. The molecular weight excluding hydrogens is 346 g/mol. The van der Waals surface area contributed by atoms with Crippen LogP contribution < -0.4 is 27.1 Å². The Balaban J connectivity index is 1.41. The molecule has 2 saturated heterocycles. The lowest BCUT2D eigenvalue weighted by atomic mass is 9.78. The molecule has 144 valence electrons. The summed E-state index contributed by atoms with van der Waals surface area (Å²) in [5.74, 6) is 0.227. The van der Waals surface area contributed by atoms with Gasteiger partial charge in [0, 0.05) is 49.3 Å². The second-order valence-corrected chi connectivity index (χ2v) is 7.55. The number of rotatable bonds is 3. The van der Waals surface area contributed by atoms with Crippen LogP contribution >= 0.6 is 0 Å². The molecule has 6 unspecified atom stereocenters. The van der Waals surface area contributed by atoms with E-state index in [2.05, 4.69) is 32.1 Å². The molecule has 9 nitrogen and oxygen atoms in total. The van der Waals surface area contributed by atoms with Gasteiger partial charge in [-0.3, -0.25) is 14.8 Å². The van der Waals surface area contributed by atoms with Gasteiger partial charge >= 0.3 is 0 Å². The van der Waals surface area contributed by atoms with Crippen molar-refractivity contribution in [2.45, 2.75) is 43.1 Å². The van der Waals surface area contributed by atoms with Crippen LogP contribution in [0.5, 0.6) is 0 Å². The zero-order valence-electron chi connectivity index (χ0n) is 15.2. The average molecular weight is 371 g/mol. The highest BCUT2D eigenvalue weighted by atomic mass is 16.5. The van der Waals surface area contributed by atoms with E-state index in [1.54, 1.807) is 24.4 Å². The molecule has 5 N–H and O–H groups in total. The van der Waals surface area contributed by atoms with Gasteiger partial charge < -0.3 is 10.1 Å². The summed E-state index contributed by atoms with van der Waals surface area (Å²) in [5, 5.41) is 5.31. The highest BCUT2D eigenvalue weighted by Crippen LogP contribution is 2.36. The molecule has 0 spiro atoms. The van der Waals surface area contributed by atoms with Crippen LogP contribution in [0.25, 0.3) is 0 Å². The van der Waals surface area contributed by atoms with Crippen molar-refractivity contribution in [3.63, 3.8) is 0 Å². The molecule has 3 aliphatic heterocycles. The van der Waals surface area contributed by atoms with Crippen molar-refractivity contribution in [3.05, 3.63) is 41.9 Å². The quantitative estimate of drug-likeness (QED) is 0.466. The average Bonchev–Trinajstić information content (AvgIpc) is 3.34. The third-order valence-corrected chi connectivity index (χ3v) is 6.18. The Morgan fingerprint density at radius 3 is 2.96 bits per heavy atom. The van der Waals surface area contributed by atoms with Crippen molar-refractivity contribution in [2.75, 3.05) is 13.7 Å². The summed E-state index contributed by atoms with van der Waals surface area (Å²) in [6, 6.07) is 6.41. The first kappa shape index (κ1) is 17.1. The summed E-state index contributed by atoms with van der Waals surface area (Å²) in [4.78, 5) is 17.3. The SMILES string of the molecule is COC1C(C2=CC(=O)N3NCC(c4ccccn4)C3N2)CCC2NNNC21. The highest BCUT2D eigenvalue weighted by molar-refractivity contribution is 5.89. The van der Waals surface area contributed by atoms with Crippen LogP contribution in [-0.4, -0.2) is 53.9 Å². The van der Waals surface area contributed by atoms with Crippen LogP contribution in [0.2, 0.25) is 0 Å². The number of aromatic nitrogens is 1. The lowest BCUT2D eigenvalue weighted by Crippen LogP contribution is -2.58.